The van der Waals surface area contributed by atoms with Gasteiger partial charge in [-0.05, 0) is 36.0 Å². The predicted molar refractivity (Wildman–Crippen MR) is 55.0 cm³/mol. The third-order valence-electron chi connectivity index (χ3n) is 2.55. The Morgan fingerprint density at radius 1 is 1.29 bits per heavy atom. The zero-order valence-corrected chi connectivity index (χ0v) is 7.86. The standard InChI is InChI=1S/C12H12O2/c13-12(14)8-10-6-3-5-9-4-1-2-7-11(9)10/h1-2,4,7-8H,3,5-6H2,(H,13,14)/b10-8-. The van der Waals surface area contributed by atoms with E-state index in [2.05, 4.69) is 6.07 Å². The van der Waals surface area contributed by atoms with Crippen molar-refractivity contribution in [3.05, 3.63) is 41.5 Å². The summed E-state index contributed by atoms with van der Waals surface area (Å²) in [7, 11) is 0. The van der Waals surface area contributed by atoms with Crippen molar-refractivity contribution in [1.82, 2.24) is 0 Å². The van der Waals surface area contributed by atoms with E-state index in [1.807, 2.05) is 18.2 Å². The van der Waals surface area contributed by atoms with E-state index in [9.17, 15) is 4.79 Å². The van der Waals surface area contributed by atoms with Crippen LogP contribution in [0.5, 0.6) is 0 Å². The maximum absolute atomic E-state index is 10.6. The Morgan fingerprint density at radius 3 is 2.86 bits per heavy atom. The van der Waals surface area contributed by atoms with Crippen LogP contribution in [0.1, 0.15) is 24.0 Å². The maximum Gasteiger partial charge on any atom is 0.328 e. The van der Waals surface area contributed by atoms with Gasteiger partial charge in [0.2, 0.25) is 0 Å². The number of hydrogen-bond donors (Lipinski definition) is 1. The molecule has 2 nitrogen and oxygen atoms in total. The average Bonchev–Trinajstić information content (AvgIpc) is 2.18. The first-order valence-corrected chi connectivity index (χ1v) is 4.79. The van der Waals surface area contributed by atoms with Crippen molar-refractivity contribution >= 4 is 11.5 Å². The van der Waals surface area contributed by atoms with E-state index in [0.717, 1.165) is 30.4 Å². The Morgan fingerprint density at radius 2 is 2.07 bits per heavy atom. The molecule has 14 heavy (non-hydrogen) atoms. The highest BCUT2D eigenvalue weighted by molar-refractivity contribution is 5.90. The number of benzene rings is 1. The van der Waals surface area contributed by atoms with Crippen LogP contribution >= 0.6 is 0 Å². The van der Waals surface area contributed by atoms with Crippen molar-refractivity contribution in [3.63, 3.8) is 0 Å². The molecular weight excluding hydrogens is 176 g/mol. The zero-order chi connectivity index (χ0) is 9.97. The lowest BCUT2D eigenvalue weighted by molar-refractivity contribution is -0.131. The Bertz CT molecular complexity index is 391. The van der Waals surface area contributed by atoms with Gasteiger partial charge in [-0.15, -0.1) is 0 Å². The highest BCUT2D eigenvalue weighted by Crippen LogP contribution is 2.30. The van der Waals surface area contributed by atoms with Crippen LogP contribution in [0.25, 0.3) is 5.57 Å². The smallest absolute Gasteiger partial charge is 0.328 e. The first-order chi connectivity index (χ1) is 6.77. The first-order valence-electron chi connectivity index (χ1n) is 4.79. The fourth-order valence-electron chi connectivity index (χ4n) is 1.95. The van der Waals surface area contributed by atoms with Gasteiger partial charge in [0.05, 0.1) is 0 Å². The van der Waals surface area contributed by atoms with Crippen molar-refractivity contribution in [2.75, 3.05) is 0 Å². The van der Waals surface area contributed by atoms with E-state index < -0.39 is 5.97 Å². The summed E-state index contributed by atoms with van der Waals surface area (Å²) >= 11 is 0. The first kappa shape index (κ1) is 9.00. The van der Waals surface area contributed by atoms with E-state index in [1.54, 1.807) is 0 Å². The highest BCUT2D eigenvalue weighted by Gasteiger charge is 2.13. The van der Waals surface area contributed by atoms with Crippen molar-refractivity contribution in [2.45, 2.75) is 19.3 Å². The van der Waals surface area contributed by atoms with Crippen molar-refractivity contribution < 1.29 is 9.90 Å². The van der Waals surface area contributed by atoms with Gasteiger partial charge in [-0.2, -0.15) is 0 Å². The van der Waals surface area contributed by atoms with Gasteiger partial charge < -0.3 is 5.11 Å². The predicted octanol–water partition coefficient (Wildman–Crippen LogP) is 2.49. The summed E-state index contributed by atoms with van der Waals surface area (Å²) in [6.45, 7) is 0. The lowest BCUT2D eigenvalue weighted by atomic mass is 9.87. The van der Waals surface area contributed by atoms with Crippen molar-refractivity contribution in [1.29, 1.82) is 0 Å². The molecule has 0 unspecified atom stereocenters. The number of aliphatic carboxylic acids is 1. The normalized spacial score (nSPS) is 17.9. The minimum atomic E-state index is -0.850. The molecule has 0 atom stereocenters. The minimum Gasteiger partial charge on any atom is -0.478 e. The fraction of sp³-hybridized carbons (Fsp3) is 0.250. The molecule has 1 aromatic carbocycles. The summed E-state index contributed by atoms with van der Waals surface area (Å²) in [6.07, 6.45) is 4.32. The second-order valence-electron chi connectivity index (χ2n) is 3.52. The van der Waals surface area contributed by atoms with Gasteiger partial charge in [0, 0.05) is 6.08 Å². The number of allylic oxidation sites excluding steroid dienone is 1. The van der Waals surface area contributed by atoms with Gasteiger partial charge in [0.1, 0.15) is 0 Å². The highest BCUT2D eigenvalue weighted by atomic mass is 16.4. The van der Waals surface area contributed by atoms with Gasteiger partial charge in [-0.3, -0.25) is 0 Å². The summed E-state index contributed by atoms with van der Waals surface area (Å²) in [5, 5.41) is 8.71. The average molecular weight is 188 g/mol. The molecule has 1 aliphatic carbocycles. The van der Waals surface area contributed by atoms with Crippen molar-refractivity contribution in [2.24, 2.45) is 0 Å². The molecule has 0 radical (unpaired) electrons. The Balaban J connectivity index is 2.45. The fourth-order valence-corrected chi connectivity index (χ4v) is 1.95. The molecule has 0 amide bonds. The van der Waals surface area contributed by atoms with Gasteiger partial charge in [-0.25, -0.2) is 4.79 Å². The van der Waals surface area contributed by atoms with Gasteiger partial charge in [0.25, 0.3) is 0 Å². The Labute approximate surface area is 82.9 Å². The lowest BCUT2D eigenvalue weighted by Crippen LogP contribution is -2.03. The number of hydrogen-bond acceptors (Lipinski definition) is 1. The van der Waals surface area contributed by atoms with Crippen LogP contribution in [0, 0.1) is 0 Å². The molecule has 2 rings (SSSR count). The van der Waals surface area contributed by atoms with Crippen molar-refractivity contribution in [3.8, 4) is 0 Å². The zero-order valence-electron chi connectivity index (χ0n) is 7.86. The molecule has 72 valence electrons. The number of fused-ring (bicyclic) bond motifs is 1. The van der Waals surface area contributed by atoms with Crippen LogP contribution in [0.4, 0.5) is 0 Å². The largest absolute Gasteiger partial charge is 0.478 e. The van der Waals surface area contributed by atoms with Crippen LogP contribution in [-0.4, -0.2) is 11.1 Å². The molecule has 0 bridgehead atoms. The summed E-state index contributed by atoms with van der Waals surface area (Å²) in [6, 6.07) is 8.04. The second-order valence-corrected chi connectivity index (χ2v) is 3.52. The molecule has 0 saturated carbocycles. The topological polar surface area (TPSA) is 37.3 Å². The Kier molecular flexibility index (Phi) is 2.35. The molecule has 0 saturated heterocycles. The third kappa shape index (κ3) is 1.69. The maximum atomic E-state index is 10.6. The molecule has 0 aliphatic heterocycles. The van der Waals surface area contributed by atoms with E-state index in [-0.39, 0.29) is 0 Å². The third-order valence-corrected chi connectivity index (χ3v) is 2.55. The van der Waals surface area contributed by atoms with Gasteiger partial charge in [0.15, 0.2) is 0 Å². The molecule has 1 N–H and O–H groups in total. The molecule has 0 fully saturated rings. The summed E-state index contributed by atoms with van der Waals surface area (Å²) in [5.74, 6) is -0.850. The SMILES string of the molecule is O=C(O)/C=C1/CCCc2ccccc21. The molecule has 1 aliphatic rings. The molecule has 1 aromatic rings. The molecule has 0 aromatic heterocycles. The number of aryl methyl sites for hydroxylation is 1. The summed E-state index contributed by atoms with van der Waals surface area (Å²) < 4.78 is 0. The quantitative estimate of drug-likeness (QED) is 0.687. The summed E-state index contributed by atoms with van der Waals surface area (Å²) in [5.41, 5.74) is 3.34. The second kappa shape index (κ2) is 3.66. The monoisotopic (exact) mass is 188 g/mol. The molecule has 2 heteroatoms. The lowest BCUT2D eigenvalue weighted by Gasteiger charge is -2.17. The summed E-state index contributed by atoms with van der Waals surface area (Å²) in [4.78, 5) is 10.6. The van der Waals surface area contributed by atoms with E-state index in [0.29, 0.717) is 0 Å². The van der Waals surface area contributed by atoms with Crippen LogP contribution < -0.4 is 0 Å². The molecular formula is C12H12O2. The van der Waals surface area contributed by atoms with Gasteiger partial charge >= 0.3 is 5.97 Å². The van der Waals surface area contributed by atoms with Crippen LogP contribution in [0.3, 0.4) is 0 Å². The minimum absolute atomic E-state index is 0.850. The molecule has 0 heterocycles. The van der Waals surface area contributed by atoms with Gasteiger partial charge in [-0.1, -0.05) is 24.3 Å². The number of rotatable bonds is 1. The number of carboxylic acids is 1. The van der Waals surface area contributed by atoms with Crippen LogP contribution in [0.2, 0.25) is 0 Å². The van der Waals surface area contributed by atoms with E-state index >= 15 is 0 Å². The van der Waals surface area contributed by atoms with E-state index in [1.165, 1.54) is 11.6 Å². The van der Waals surface area contributed by atoms with Crippen LogP contribution in [-0.2, 0) is 11.2 Å². The van der Waals surface area contributed by atoms with E-state index in [4.69, 9.17) is 5.11 Å². The number of carbonyl (C=O) groups is 1. The Hall–Kier alpha value is -1.57. The van der Waals surface area contributed by atoms with Crippen LogP contribution in [0.15, 0.2) is 30.3 Å². The number of carboxylic acid groups (broad SMARTS) is 1. The molecule has 0 spiro atoms.